The summed E-state index contributed by atoms with van der Waals surface area (Å²) < 4.78 is 70.5. The van der Waals surface area contributed by atoms with Crippen LogP contribution in [0.1, 0.15) is 11.4 Å². The molecule has 0 saturated heterocycles. The molecule has 14 heavy (non-hydrogen) atoms. The largest absolute Gasteiger partial charge is 0.435 e. The second-order valence-electron chi connectivity index (χ2n) is 2.16. The Morgan fingerprint density at radius 2 is 1.50 bits per heavy atom. The van der Waals surface area contributed by atoms with E-state index in [-0.39, 0.29) is 24.9 Å². The molecule has 1 N–H and O–H groups in total. The van der Waals surface area contributed by atoms with Crippen LogP contribution in [0, 0.1) is 0 Å². The number of aromatic amines is 1. The molecule has 0 atom stereocenters. The van der Waals surface area contributed by atoms with Gasteiger partial charge < -0.3 is 0 Å². The summed E-state index contributed by atoms with van der Waals surface area (Å²) in [5.74, 6) is 0. The molecule has 0 spiro atoms. The van der Waals surface area contributed by atoms with Crippen molar-refractivity contribution in [2.75, 3.05) is 0 Å². The van der Waals surface area contributed by atoms with E-state index in [1.807, 2.05) is 0 Å². The minimum absolute atomic E-state index is 0. The fraction of sp³-hybridized carbons (Fsp3) is 0.400. The monoisotopic (exact) mass is 211 g/mol. The summed E-state index contributed by atoms with van der Waals surface area (Å²) in [6, 6.07) is -0.0833. The first kappa shape index (κ1) is 13.4. The Kier molecular flexibility index (Phi) is 3.70. The fourth-order valence-electron chi connectivity index (χ4n) is 0.612. The first-order valence-electron chi connectivity index (χ1n) is 2.91. The summed E-state index contributed by atoms with van der Waals surface area (Å²) in [7, 11) is 0. The zero-order valence-corrected chi connectivity index (χ0v) is 6.79. The number of aromatic nitrogens is 2. The van der Waals surface area contributed by atoms with Gasteiger partial charge in [-0.3, -0.25) is 5.10 Å². The van der Waals surface area contributed by atoms with Crippen LogP contribution in [0.3, 0.4) is 0 Å². The van der Waals surface area contributed by atoms with E-state index in [0.717, 1.165) is 0 Å². The zero-order chi connectivity index (χ0) is 10.3. The molecule has 0 fully saturated rings. The number of alkyl halides is 6. The predicted octanol–water partition coefficient (Wildman–Crippen LogP) is 2.07. The van der Waals surface area contributed by atoms with Gasteiger partial charge >= 0.3 is 12.4 Å². The van der Waals surface area contributed by atoms with Crippen molar-refractivity contribution in [3.63, 3.8) is 0 Å². The number of hydrogen-bond donors (Lipinski definition) is 1. The van der Waals surface area contributed by atoms with Crippen LogP contribution < -0.4 is 0 Å². The first-order valence-corrected chi connectivity index (χ1v) is 2.91. The van der Waals surface area contributed by atoms with Gasteiger partial charge in [0.25, 0.3) is 0 Å². The van der Waals surface area contributed by atoms with Crippen molar-refractivity contribution < 1.29 is 26.3 Å². The molecule has 1 heterocycles. The van der Waals surface area contributed by atoms with Gasteiger partial charge in [0.2, 0.25) is 0 Å². The Morgan fingerprint density at radius 1 is 1.00 bits per heavy atom. The van der Waals surface area contributed by atoms with Crippen LogP contribution in [-0.4, -0.2) is 29.1 Å². The fourth-order valence-corrected chi connectivity index (χ4v) is 0.612. The summed E-state index contributed by atoms with van der Waals surface area (Å²) >= 11 is 0. The van der Waals surface area contributed by atoms with E-state index in [9.17, 15) is 26.3 Å². The number of H-pyrrole nitrogens is 1. The number of hydrogen-bond acceptors (Lipinski definition) is 1. The van der Waals surface area contributed by atoms with E-state index in [0.29, 0.717) is 0 Å². The van der Waals surface area contributed by atoms with Crippen LogP contribution in [0.4, 0.5) is 26.3 Å². The molecule has 0 saturated carbocycles. The second-order valence-corrected chi connectivity index (χ2v) is 2.16. The van der Waals surface area contributed by atoms with Crippen molar-refractivity contribution in [3.05, 3.63) is 17.5 Å². The van der Waals surface area contributed by atoms with Crippen molar-refractivity contribution in [1.29, 1.82) is 0 Å². The van der Waals surface area contributed by atoms with Crippen LogP contribution >= 0.6 is 0 Å². The Labute approximate surface area is 85.8 Å². The third-order valence-corrected chi connectivity index (χ3v) is 1.17. The molecule has 0 bridgehead atoms. The molecular formula is C5H2F6LiN2. The number of rotatable bonds is 0. The van der Waals surface area contributed by atoms with Crippen LogP contribution in [0.5, 0.6) is 0 Å². The molecule has 1 aromatic rings. The van der Waals surface area contributed by atoms with Gasteiger partial charge in [-0.25, -0.2) is 0 Å². The average Bonchev–Trinajstić information content (AvgIpc) is 2.28. The van der Waals surface area contributed by atoms with Crippen LogP contribution in [-0.2, 0) is 12.4 Å². The molecule has 1 radical (unpaired) electrons. The average molecular weight is 211 g/mol. The standard InChI is InChI=1S/C5H2F6N2.Li/c6-4(7,8)2-1-3(13-12-2)5(9,10)11;/h1H,(H,12,13);. The quantitative estimate of drug-likeness (QED) is 0.516. The van der Waals surface area contributed by atoms with Crippen molar-refractivity contribution in [1.82, 2.24) is 10.2 Å². The summed E-state index contributed by atoms with van der Waals surface area (Å²) in [6.45, 7) is 0. The molecular weight excluding hydrogens is 209 g/mol. The maximum Gasteiger partial charge on any atom is 0.435 e. The van der Waals surface area contributed by atoms with E-state index in [1.54, 1.807) is 0 Å². The van der Waals surface area contributed by atoms with Gasteiger partial charge in [0.05, 0.1) is 0 Å². The third-order valence-electron chi connectivity index (χ3n) is 1.17. The maximum absolute atomic E-state index is 11.8. The molecule has 0 aliphatic rings. The van der Waals surface area contributed by atoms with Gasteiger partial charge in [-0.05, 0) is 0 Å². The van der Waals surface area contributed by atoms with Crippen molar-refractivity contribution in [2.45, 2.75) is 12.4 Å². The van der Waals surface area contributed by atoms with Gasteiger partial charge in [-0.15, -0.1) is 0 Å². The Bertz CT molecular complexity index is 271. The SMILES string of the molecule is FC(F)(F)c1cc(C(F)(F)F)[nH]n1.[Li]. The second kappa shape index (κ2) is 3.86. The van der Waals surface area contributed by atoms with Crippen molar-refractivity contribution in [2.24, 2.45) is 0 Å². The van der Waals surface area contributed by atoms with Crippen LogP contribution in [0.15, 0.2) is 6.07 Å². The van der Waals surface area contributed by atoms with Gasteiger partial charge in [0, 0.05) is 24.9 Å². The van der Waals surface area contributed by atoms with Crippen LogP contribution in [0.2, 0.25) is 0 Å². The summed E-state index contributed by atoms with van der Waals surface area (Å²) in [5, 5.41) is 3.74. The third kappa shape index (κ3) is 2.96. The molecule has 0 aliphatic carbocycles. The Hall–Kier alpha value is -0.613. The summed E-state index contributed by atoms with van der Waals surface area (Å²) in [4.78, 5) is 0. The van der Waals surface area contributed by atoms with E-state index in [1.165, 1.54) is 5.10 Å². The van der Waals surface area contributed by atoms with E-state index < -0.39 is 23.7 Å². The van der Waals surface area contributed by atoms with Crippen molar-refractivity contribution >= 4 is 18.9 Å². The molecule has 0 unspecified atom stereocenters. The molecule has 1 rings (SSSR count). The van der Waals surface area contributed by atoms with E-state index in [2.05, 4.69) is 5.10 Å². The zero-order valence-electron chi connectivity index (χ0n) is 6.79. The molecule has 1 aromatic heterocycles. The molecule has 2 nitrogen and oxygen atoms in total. The minimum Gasteiger partial charge on any atom is -0.273 e. The van der Waals surface area contributed by atoms with Gasteiger partial charge in [-0.1, -0.05) is 0 Å². The minimum atomic E-state index is -4.86. The van der Waals surface area contributed by atoms with E-state index >= 15 is 0 Å². The molecule has 0 amide bonds. The van der Waals surface area contributed by atoms with Gasteiger partial charge in [0.1, 0.15) is 5.69 Å². The van der Waals surface area contributed by atoms with E-state index in [4.69, 9.17) is 0 Å². The Morgan fingerprint density at radius 3 is 1.71 bits per heavy atom. The smallest absolute Gasteiger partial charge is 0.273 e. The topological polar surface area (TPSA) is 28.7 Å². The molecule has 75 valence electrons. The number of nitrogens with zero attached hydrogens (tertiary/aromatic N) is 1. The normalized spacial score (nSPS) is 12.4. The number of nitrogens with one attached hydrogen (secondary N) is 1. The molecule has 0 aliphatic heterocycles. The molecule has 9 heteroatoms. The predicted molar refractivity (Wildman–Crippen MR) is 34.3 cm³/mol. The van der Waals surface area contributed by atoms with Gasteiger partial charge in [-0.2, -0.15) is 31.4 Å². The summed E-state index contributed by atoms with van der Waals surface area (Å²) in [6.07, 6.45) is -9.70. The number of halogens is 6. The van der Waals surface area contributed by atoms with Gasteiger partial charge in [0.15, 0.2) is 5.69 Å². The van der Waals surface area contributed by atoms with Crippen LogP contribution in [0.25, 0.3) is 0 Å². The Balaban J connectivity index is 0.00000169. The maximum atomic E-state index is 11.8. The van der Waals surface area contributed by atoms with Crippen molar-refractivity contribution in [3.8, 4) is 0 Å². The molecule has 0 aromatic carbocycles. The first-order chi connectivity index (χ1) is 5.71. The summed E-state index contributed by atoms with van der Waals surface area (Å²) in [5.41, 5.74) is -3.10.